The zero-order valence-corrected chi connectivity index (χ0v) is 7.98. The Labute approximate surface area is 57.3 Å². The summed E-state index contributed by atoms with van der Waals surface area (Å²) in [5.41, 5.74) is 0. The maximum absolute atomic E-state index is 8.20. The van der Waals surface area contributed by atoms with Crippen molar-refractivity contribution in [1.82, 2.24) is 4.90 Å². The summed E-state index contributed by atoms with van der Waals surface area (Å²) in [6.07, 6.45) is 0. The molecule has 0 amide bonds. The van der Waals surface area contributed by atoms with Crippen molar-refractivity contribution in [3.8, 4) is 0 Å². The van der Waals surface area contributed by atoms with Crippen molar-refractivity contribution in [2.75, 3.05) is 27.2 Å². The third-order valence-electron chi connectivity index (χ3n) is 0.547. The van der Waals surface area contributed by atoms with Crippen molar-refractivity contribution >= 4 is 0 Å². The second kappa shape index (κ2) is 6.54. The molecule has 2 nitrogen and oxygen atoms in total. The van der Waals surface area contributed by atoms with Crippen LogP contribution in [0.3, 0.4) is 0 Å². The molecule has 0 atom stereocenters. The Bertz CT molecular complexity index is 32.9. The molecule has 0 saturated carbocycles. The van der Waals surface area contributed by atoms with Gasteiger partial charge in [0.15, 0.2) is 0 Å². The van der Waals surface area contributed by atoms with Gasteiger partial charge in [0.2, 0.25) is 0 Å². The van der Waals surface area contributed by atoms with Crippen LogP contribution in [0.5, 0.6) is 0 Å². The van der Waals surface area contributed by atoms with E-state index in [0.717, 1.165) is 6.54 Å². The van der Waals surface area contributed by atoms with E-state index in [1.54, 1.807) is 0 Å². The van der Waals surface area contributed by atoms with Crippen LogP contribution in [0.4, 0.5) is 0 Å². The Balaban J connectivity index is 0. The Morgan fingerprint density at radius 3 is 1.86 bits per heavy atom. The fraction of sp³-hybridized carbons (Fsp3) is 1.00. The molecule has 0 aliphatic rings. The molecule has 7 heavy (non-hydrogen) atoms. The van der Waals surface area contributed by atoms with Gasteiger partial charge in [-0.15, -0.1) is 0 Å². The quantitative estimate of drug-likeness (QED) is 0.544. The van der Waals surface area contributed by atoms with Gasteiger partial charge in [-0.05, 0) is 14.1 Å². The molecule has 0 rings (SSSR count). The predicted octanol–water partition coefficient (Wildman–Crippen LogP) is -0.462. The average Bonchev–Trinajstić information content (AvgIpc) is 1.35. The SMILES string of the molecule is CN(C)CCO.[Zn]. The molecule has 0 spiro atoms. The van der Waals surface area contributed by atoms with E-state index in [0.29, 0.717) is 0 Å². The van der Waals surface area contributed by atoms with Crippen LogP contribution in [0.2, 0.25) is 0 Å². The number of nitrogens with zero attached hydrogens (tertiary/aromatic N) is 1. The average molecular weight is 155 g/mol. The zero-order valence-electron chi connectivity index (χ0n) is 5.02. The van der Waals surface area contributed by atoms with Crippen molar-refractivity contribution in [3.05, 3.63) is 0 Å². The smallest absolute Gasteiger partial charge is 0.0558 e. The first-order chi connectivity index (χ1) is 2.77. The van der Waals surface area contributed by atoms with Crippen LogP contribution in [0.25, 0.3) is 0 Å². The van der Waals surface area contributed by atoms with Gasteiger partial charge in [0, 0.05) is 26.0 Å². The minimum absolute atomic E-state index is 0. The summed E-state index contributed by atoms with van der Waals surface area (Å²) in [6.45, 7) is 1.02. The summed E-state index contributed by atoms with van der Waals surface area (Å²) in [6, 6.07) is 0. The molecule has 0 heterocycles. The van der Waals surface area contributed by atoms with Crippen LogP contribution < -0.4 is 0 Å². The Morgan fingerprint density at radius 2 is 1.86 bits per heavy atom. The van der Waals surface area contributed by atoms with E-state index in [1.165, 1.54) is 0 Å². The van der Waals surface area contributed by atoms with Gasteiger partial charge in [-0.3, -0.25) is 0 Å². The van der Waals surface area contributed by atoms with Gasteiger partial charge >= 0.3 is 0 Å². The molecule has 0 aromatic heterocycles. The summed E-state index contributed by atoms with van der Waals surface area (Å²) in [4.78, 5) is 1.93. The second-order valence-electron chi connectivity index (χ2n) is 1.53. The van der Waals surface area contributed by atoms with Crippen LogP contribution in [0.1, 0.15) is 0 Å². The van der Waals surface area contributed by atoms with E-state index < -0.39 is 0 Å². The van der Waals surface area contributed by atoms with Crippen molar-refractivity contribution in [3.63, 3.8) is 0 Å². The summed E-state index contributed by atoms with van der Waals surface area (Å²) < 4.78 is 0. The van der Waals surface area contributed by atoms with Crippen LogP contribution in [-0.4, -0.2) is 37.3 Å². The maximum atomic E-state index is 8.20. The molecule has 0 aliphatic heterocycles. The number of hydrogen-bond donors (Lipinski definition) is 1. The summed E-state index contributed by atoms with van der Waals surface area (Å²) in [7, 11) is 3.85. The van der Waals surface area contributed by atoms with Gasteiger partial charge < -0.3 is 10.0 Å². The van der Waals surface area contributed by atoms with Gasteiger partial charge in [-0.1, -0.05) is 0 Å². The number of aliphatic hydroxyl groups is 1. The number of hydrogen-bond acceptors (Lipinski definition) is 2. The molecule has 0 saturated heterocycles. The standard InChI is InChI=1S/C4H11NO.Zn/c1-5(2)3-4-6;/h6H,3-4H2,1-2H3;. The largest absolute Gasteiger partial charge is 0.395 e. The van der Waals surface area contributed by atoms with Gasteiger partial charge in [-0.2, -0.15) is 0 Å². The van der Waals surface area contributed by atoms with Crippen LogP contribution in [0.15, 0.2) is 0 Å². The van der Waals surface area contributed by atoms with Crippen molar-refractivity contribution in [1.29, 1.82) is 0 Å². The number of aliphatic hydroxyl groups excluding tert-OH is 1. The van der Waals surface area contributed by atoms with Gasteiger partial charge in [0.1, 0.15) is 0 Å². The van der Waals surface area contributed by atoms with Crippen LogP contribution in [-0.2, 0) is 19.5 Å². The van der Waals surface area contributed by atoms with Crippen molar-refractivity contribution in [2.45, 2.75) is 0 Å². The number of rotatable bonds is 2. The molecular weight excluding hydrogens is 143 g/mol. The van der Waals surface area contributed by atoms with E-state index in [9.17, 15) is 0 Å². The second-order valence-corrected chi connectivity index (χ2v) is 1.53. The normalized spacial score (nSPS) is 8.57. The molecule has 1 N–H and O–H groups in total. The minimum atomic E-state index is 0. The van der Waals surface area contributed by atoms with E-state index in [4.69, 9.17) is 5.11 Å². The molecular formula is C4H11NOZn. The third kappa shape index (κ3) is 10.8. The summed E-state index contributed by atoms with van der Waals surface area (Å²) >= 11 is 0. The van der Waals surface area contributed by atoms with E-state index >= 15 is 0 Å². The van der Waals surface area contributed by atoms with Crippen LogP contribution >= 0.6 is 0 Å². The Kier molecular flexibility index (Phi) is 9.82. The van der Waals surface area contributed by atoms with E-state index in [1.807, 2.05) is 19.0 Å². The maximum Gasteiger partial charge on any atom is 0.0558 e. The monoisotopic (exact) mass is 153 g/mol. The molecule has 0 aromatic rings. The molecule has 0 unspecified atom stereocenters. The Morgan fingerprint density at radius 1 is 1.43 bits per heavy atom. The minimum Gasteiger partial charge on any atom is -0.395 e. The fourth-order valence-electron chi connectivity index (χ4n) is 0.200. The van der Waals surface area contributed by atoms with Crippen molar-refractivity contribution in [2.24, 2.45) is 0 Å². The first kappa shape index (κ1) is 10.5. The molecule has 0 aromatic carbocycles. The fourth-order valence-corrected chi connectivity index (χ4v) is 0.200. The molecule has 0 radical (unpaired) electrons. The van der Waals surface area contributed by atoms with Gasteiger partial charge in [-0.25, -0.2) is 0 Å². The van der Waals surface area contributed by atoms with Gasteiger partial charge in [0.25, 0.3) is 0 Å². The van der Waals surface area contributed by atoms with Crippen molar-refractivity contribution < 1.29 is 24.6 Å². The van der Waals surface area contributed by atoms with Crippen LogP contribution in [0, 0.1) is 0 Å². The van der Waals surface area contributed by atoms with Gasteiger partial charge in [0.05, 0.1) is 6.61 Å². The molecule has 40 valence electrons. The molecule has 0 bridgehead atoms. The van der Waals surface area contributed by atoms with E-state index in [2.05, 4.69) is 0 Å². The predicted molar refractivity (Wildman–Crippen MR) is 25.6 cm³/mol. The first-order valence-corrected chi connectivity index (χ1v) is 2.03. The molecule has 0 aliphatic carbocycles. The molecule has 3 heteroatoms. The first-order valence-electron chi connectivity index (χ1n) is 2.03. The zero-order chi connectivity index (χ0) is 4.99. The third-order valence-corrected chi connectivity index (χ3v) is 0.547. The Hall–Kier alpha value is 0.543. The topological polar surface area (TPSA) is 23.5 Å². The molecule has 0 fully saturated rings. The summed E-state index contributed by atoms with van der Waals surface area (Å²) in [5.74, 6) is 0. The summed E-state index contributed by atoms with van der Waals surface area (Å²) in [5, 5.41) is 8.20. The van der Waals surface area contributed by atoms with E-state index in [-0.39, 0.29) is 26.1 Å². The number of likely N-dealkylation sites (N-methyl/N-ethyl adjacent to an activating group) is 1.